The standard InChI is InChI=1S/C17H26N2/c1-17(10-3-2-4-11-17)16(18)14-9-5-7-13-8-6-12-19-15(13)14/h6,8,12,14,16H,2-5,7,9-11,18H2,1H3. The predicted octanol–water partition coefficient (Wildman–Crippen LogP) is 3.80. The summed E-state index contributed by atoms with van der Waals surface area (Å²) in [4.78, 5) is 4.67. The molecule has 1 aromatic heterocycles. The molecule has 19 heavy (non-hydrogen) atoms. The summed E-state index contributed by atoms with van der Waals surface area (Å²) in [5.41, 5.74) is 9.80. The van der Waals surface area contributed by atoms with E-state index in [1.807, 2.05) is 6.20 Å². The van der Waals surface area contributed by atoms with Crippen LogP contribution in [0.25, 0.3) is 0 Å². The molecule has 2 N–H and O–H groups in total. The number of nitrogens with two attached hydrogens (primary N) is 1. The lowest BCUT2D eigenvalue weighted by Gasteiger charge is -2.43. The Morgan fingerprint density at radius 2 is 2.05 bits per heavy atom. The molecule has 0 spiro atoms. The highest BCUT2D eigenvalue weighted by atomic mass is 14.8. The minimum absolute atomic E-state index is 0.279. The molecule has 2 aliphatic rings. The SMILES string of the molecule is CC1(C(N)C2CCCc3cccnc32)CCCCC1. The molecule has 2 nitrogen and oxygen atoms in total. The Hall–Kier alpha value is -0.890. The van der Waals surface area contributed by atoms with Crippen molar-refractivity contribution in [3.05, 3.63) is 29.6 Å². The van der Waals surface area contributed by atoms with Crippen LogP contribution in [0.3, 0.4) is 0 Å². The highest BCUT2D eigenvalue weighted by molar-refractivity contribution is 5.28. The molecule has 1 fully saturated rings. The Morgan fingerprint density at radius 3 is 2.84 bits per heavy atom. The van der Waals surface area contributed by atoms with Gasteiger partial charge in [0.25, 0.3) is 0 Å². The van der Waals surface area contributed by atoms with Crippen molar-refractivity contribution < 1.29 is 0 Å². The molecule has 0 aliphatic heterocycles. The molecule has 3 rings (SSSR count). The molecular formula is C17H26N2. The quantitative estimate of drug-likeness (QED) is 0.876. The van der Waals surface area contributed by atoms with Crippen LogP contribution >= 0.6 is 0 Å². The Kier molecular flexibility index (Phi) is 3.62. The maximum absolute atomic E-state index is 6.73. The summed E-state index contributed by atoms with van der Waals surface area (Å²) in [5, 5.41) is 0. The van der Waals surface area contributed by atoms with Crippen molar-refractivity contribution in [2.45, 2.75) is 70.3 Å². The van der Waals surface area contributed by atoms with Gasteiger partial charge in [0.1, 0.15) is 0 Å². The smallest absolute Gasteiger partial charge is 0.0482 e. The molecule has 2 atom stereocenters. The molecule has 0 aromatic carbocycles. The first-order chi connectivity index (χ1) is 9.21. The molecule has 0 bridgehead atoms. The van der Waals surface area contributed by atoms with E-state index in [4.69, 9.17) is 5.73 Å². The highest BCUT2D eigenvalue weighted by Crippen LogP contribution is 2.45. The highest BCUT2D eigenvalue weighted by Gasteiger charge is 2.39. The maximum atomic E-state index is 6.73. The molecule has 104 valence electrons. The van der Waals surface area contributed by atoms with Gasteiger partial charge in [-0.3, -0.25) is 4.98 Å². The molecule has 0 saturated heterocycles. The average Bonchev–Trinajstić information content (AvgIpc) is 2.47. The van der Waals surface area contributed by atoms with E-state index in [0.29, 0.717) is 11.3 Å². The van der Waals surface area contributed by atoms with Gasteiger partial charge in [-0.15, -0.1) is 0 Å². The van der Waals surface area contributed by atoms with Crippen molar-refractivity contribution >= 4 is 0 Å². The van der Waals surface area contributed by atoms with E-state index < -0.39 is 0 Å². The monoisotopic (exact) mass is 258 g/mol. The lowest BCUT2D eigenvalue weighted by atomic mass is 9.64. The minimum Gasteiger partial charge on any atom is -0.327 e. The van der Waals surface area contributed by atoms with Crippen molar-refractivity contribution in [2.75, 3.05) is 0 Å². The topological polar surface area (TPSA) is 38.9 Å². The van der Waals surface area contributed by atoms with Crippen LogP contribution in [0.5, 0.6) is 0 Å². The number of hydrogen-bond donors (Lipinski definition) is 1. The summed E-state index contributed by atoms with van der Waals surface area (Å²) in [6, 6.07) is 4.58. The third kappa shape index (κ3) is 2.43. The zero-order chi connectivity index (χ0) is 13.3. The fourth-order valence-electron chi connectivity index (χ4n) is 4.17. The first kappa shape index (κ1) is 13.1. The van der Waals surface area contributed by atoms with Gasteiger partial charge in [0.15, 0.2) is 0 Å². The van der Waals surface area contributed by atoms with E-state index in [-0.39, 0.29) is 6.04 Å². The molecular weight excluding hydrogens is 232 g/mol. The molecule has 0 radical (unpaired) electrons. The fraction of sp³-hybridized carbons (Fsp3) is 0.706. The second kappa shape index (κ2) is 5.24. The van der Waals surface area contributed by atoms with Gasteiger partial charge in [-0.1, -0.05) is 32.3 Å². The normalized spacial score (nSPS) is 27.6. The van der Waals surface area contributed by atoms with Crippen LogP contribution < -0.4 is 5.73 Å². The summed E-state index contributed by atoms with van der Waals surface area (Å²) in [5.74, 6) is 0.480. The fourth-order valence-corrected chi connectivity index (χ4v) is 4.17. The van der Waals surface area contributed by atoms with Crippen molar-refractivity contribution in [1.29, 1.82) is 0 Å². The molecule has 1 heterocycles. The van der Waals surface area contributed by atoms with E-state index in [0.717, 1.165) is 0 Å². The maximum Gasteiger partial charge on any atom is 0.0482 e. The van der Waals surface area contributed by atoms with E-state index in [9.17, 15) is 0 Å². The van der Waals surface area contributed by atoms with Crippen molar-refractivity contribution in [3.63, 3.8) is 0 Å². The Morgan fingerprint density at radius 1 is 1.26 bits per heavy atom. The zero-order valence-corrected chi connectivity index (χ0v) is 12.1. The second-order valence-corrected chi connectivity index (χ2v) is 6.79. The van der Waals surface area contributed by atoms with Gasteiger partial charge in [-0.25, -0.2) is 0 Å². The summed E-state index contributed by atoms with van der Waals surface area (Å²) in [6.45, 7) is 2.41. The Bertz CT molecular complexity index is 435. The predicted molar refractivity (Wildman–Crippen MR) is 79.1 cm³/mol. The number of pyridine rings is 1. The second-order valence-electron chi connectivity index (χ2n) is 6.79. The van der Waals surface area contributed by atoms with Crippen LogP contribution in [0.4, 0.5) is 0 Å². The van der Waals surface area contributed by atoms with Gasteiger partial charge in [-0.2, -0.15) is 0 Å². The number of hydrogen-bond acceptors (Lipinski definition) is 2. The number of aromatic nitrogens is 1. The van der Waals surface area contributed by atoms with Gasteiger partial charge >= 0.3 is 0 Å². The summed E-state index contributed by atoms with van der Waals surface area (Å²) in [6.07, 6.45) is 12.3. The molecule has 2 aliphatic carbocycles. The number of rotatable bonds is 2. The van der Waals surface area contributed by atoms with Crippen LogP contribution in [0.1, 0.15) is 69.0 Å². The van der Waals surface area contributed by atoms with Crippen molar-refractivity contribution in [1.82, 2.24) is 4.98 Å². The third-order valence-electron chi connectivity index (χ3n) is 5.47. The molecule has 1 saturated carbocycles. The molecule has 1 aromatic rings. The van der Waals surface area contributed by atoms with Crippen LogP contribution in [0.15, 0.2) is 18.3 Å². The third-order valence-corrected chi connectivity index (χ3v) is 5.47. The van der Waals surface area contributed by atoms with E-state index in [2.05, 4.69) is 24.0 Å². The van der Waals surface area contributed by atoms with Gasteiger partial charge < -0.3 is 5.73 Å². The van der Waals surface area contributed by atoms with E-state index in [1.165, 1.54) is 62.6 Å². The van der Waals surface area contributed by atoms with E-state index >= 15 is 0 Å². The van der Waals surface area contributed by atoms with Crippen LogP contribution in [-0.2, 0) is 6.42 Å². The first-order valence-electron chi connectivity index (χ1n) is 7.90. The van der Waals surface area contributed by atoms with Crippen molar-refractivity contribution in [3.8, 4) is 0 Å². The van der Waals surface area contributed by atoms with Crippen LogP contribution in [0.2, 0.25) is 0 Å². The van der Waals surface area contributed by atoms with Gasteiger partial charge in [0.05, 0.1) is 0 Å². The first-order valence-corrected chi connectivity index (χ1v) is 7.90. The van der Waals surface area contributed by atoms with Crippen LogP contribution in [-0.4, -0.2) is 11.0 Å². The Labute approximate surface area is 116 Å². The zero-order valence-electron chi connectivity index (χ0n) is 12.1. The van der Waals surface area contributed by atoms with Crippen LogP contribution in [0, 0.1) is 5.41 Å². The number of aryl methyl sites for hydroxylation is 1. The average molecular weight is 258 g/mol. The van der Waals surface area contributed by atoms with Gasteiger partial charge in [-0.05, 0) is 49.1 Å². The lowest BCUT2D eigenvalue weighted by molar-refractivity contribution is 0.144. The number of nitrogens with zero attached hydrogens (tertiary/aromatic N) is 1. The van der Waals surface area contributed by atoms with Gasteiger partial charge in [0.2, 0.25) is 0 Å². The van der Waals surface area contributed by atoms with Crippen molar-refractivity contribution in [2.24, 2.45) is 11.1 Å². The lowest BCUT2D eigenvalue weighted by Crippen LogP contribution is -2.46. The summed E-state index contributed by atoms with van der Waals surface area (Å²) in [7, 11) is 0. The molecule has 2 unspecified atom stereocenters. The molecule has 0 amide bonds. The summed E-state index contributed by atoms with van der Waals surface area (Å²) < 4.78 is 0. The number of fused-ring (bicyclic) bond motifs is 1. The Balaban J connectivity index is 1.86. The molecule has 2 heteroatoms. The summed E-state index contributed by atoms with van der Waals surface area (Å²) >= 11 is 0. The minimum atomic E-state index is 0.279. The van der Waals surface area contributed by atoms with E-state index in [1.54, 1.807) is 0 Å². The largest absolute Gasteiger partial charge is 0.327 e. The van der Waals surface area contributed by atoms with Gasteiger partial charge in [0, 0.05) is 23.9 Å².